The summed E-state index contributed by atoms with van der Waals surface area (Å²) in [7, 11) is 1.16. The van der Waals surface area contributed by atoms with E-state index in [0.717, 1.165) is 41.9 Å². The number of esters is 1. The quantitative estimate of drug-likeness (QED) is 0.143. The molecule has 3 rings (SSSR count). The maximum absolute atomic E-state index is 12.4. The standard InChI is InChI=1S/C33H48N2O5Si/c1-10-39-32(36)28-21-34-35(23-28)22-26(18-14-17-25-15-12-11-13-16-25)31(40-41(8,9)33(3,4)5)27-19-29(37-6)24(2)30(20-27)38-7/h11-13,15-16,19-21,23,26,31H,10,14,17-18,22H2,1-9H3/t26-,31?/m1/s1. The molecule has 0 saturated carbocycles. The molecule has 1 aromatic heterocycles. The van der Waals surface area contributed by atoms with Crippen LogP contribution in [-0.2, 0) is 22.1 Å². The van der Waals surface area contributed by atoms with Gasteiger partial charge in [-0.3, -0.25) is 4.68 Å². The number of carbonyl (C=O) groups excluding carboxylic acids is 1. The van der Waals surface area contributed by atoms with Gasteiger partial charge in [0, 0.05) is 24.2 Å². The van der Waals surface area contributed by atoms with Crippen molar-refractivity contribution in [3.05, 3.63) is 77.1 Å². The number of ether oxygens (including phenoxy) is 3. The van der Waals surface area contributed by atoms with Gasteiger partial charge in [0.2, 0.25) is 0 Å². The first-order valence-electron chi connectivity index (χ1n) is 14.5. The van der Waals surface area contributed by atoms with Crippen LogP contribution in [0.1, 0.15) is 73.7 Å². The fourth-order valence-electron chi connectivity index (χ4n) is 4.78. The van der Waals surface area contributed by atoms with Crippen molar-refractivity contribution in [2.24, 2.45) is 5.92 Å². The van der Waals surface area contributed by atoms with E-state index in [9.17, 15) is 4.79 Å². The molecule has 0 N–H and O–H groups in total. The lowest BCUT2D eigenvalue weighted by atomic mass is 9.89. The Morgan fingerprint density at radius 1 is 1.05 bits per heavy atom. The third-order valence-corrected chi connectivity index (χ3v) is 12.7. The van der Waals surface area contributed by atoms with Gasteiger partial charge in [0.1, 0.15) is 11.5 Å². The first-order valence-corrected chi connectivity index (χ1v) is 17.4. The van der Waals surface area contributed by atoms with Crippen LogP contribution in [0.25, 0.3) is 0 Å². The van der Waals surface area contributed by atoms with Crippen LogP contribution in [0.4, 0.5) is 0 Å². The van der Waals surface area contributed by atoms with E-state index >= 15 is 0 Å². The fourth-order valence-corrected chi connectivity index (χ4v) is 6.09. The third kappa shape index (κ3) is 8.46. The molecule has 0 spiro atoms. The van der Waals surface area contributed by atoms with Crippen molar-refractivity contribution in [3.8, 4) is 11.5 Å². The van der Waals surface area contributed by atoms with Crippen LogP contribution in [0.5, 0.6) is 11.5 Å². The Morgan fingerprint density at radius 3 is 2.24 bits per heavy atom. The summed E-state index contributed by atoms with van der Waals surface area (Å²) in [5.41, 5.74) is 3.75. The van der Waals surface area contributed by atoms with Gasteiger partial charge in [-0.05, 0) is 74.5 Å². The highest BCUT2D eigenvalue weighted by atomic mass is 28.4. The second-order valence-corrected chi connectivity index (χ2v) is 16.9. The lowest BCUT2D eigenvalue weighted by Crippen LogP contribution is -2.43. The molecule has 0 amide bonds. The number of hydrogen-bond donors (Lipinski definition) is 0. The predicted octanol–water partition coefficient (Wildman–Crippen LogP) is 7.79. The molecule has 41 heavy (non-hydrogen) atoms. The van der Waals surface area contributed by atoms with Crippen LogP contribution in [0.3, 0.4) is 0 Å². The summed E-state index contributed by atoms with van der Waals surface area (Å²) in [6.07, 6.45) is 5.99. The molecule has 7 nitrogen and oxygen atoms in total. The van der Waals surface area contributed by atoms with Crippen molar-refractivity contribution in [2.45, 2.75) is 84.7 Å². The topological polar surface area (TPSA) is 71.8 Å². The fraction of sp³-hybridized carbons (Fsp3) is 0.515. The molecule has 0 saturated heterocycles. The number of hydrogen-bond acceptors (Lipinski definition) is 6. The van der Waals surface area contributed by atoms with E-state index in [1.807, 2.05) is 17.7 Å². The van der Waals surface area contributed by atoms with Gasteiger partial charge in [-0.25, -0.2) is 4.79 Å². The van der Waals surface area contributed by atoms with Gasteiger partial charge in [0.15, 0.2) is 8.32 Å². The Labute approximate surface area is 247 Å². The molecule has 0 fully saturated rings. The Kier molecular flexibility index (Phi) is 11.2. The second-order valence-electron chi connectivity index (χ2n) is 12.2. The third-order valence-electron chi connectivity index (χ3n) is 8.21. The summed E-state index contributed by atoms with van der Waals surface area (Å²) in [4.78, 5) is 12.4. The normalized spacial score (nSPS) is 13.5. The molecule has 2 aromatic carbocycles. The van der Waals surface area contributed by atoms with Gasteiger partial charge < -0.3 is 18.6 Å². The molecule has 0 aliphatic heterocycles. The summed E-state index contributed by atoms with van der Waals surface area (Å²) in [6, 6.07) is 14.7. The summed E-state index contributed by atoms with van der Waals surface area (Å²) >= 11 is 0. The maximum Gasteiger partial charge on any atom is 0.341 e. The molecule has 0 aliphatic rings. The van der Waals surface area contributed by atoms with Crippen molar-refractivity contribution < 1.29 is 23.4 Å². The monoisotopic (exact) mass is 580 g/mol. The second kappa shape index (κ2) is 14.2. The Bertz CT molecular complexity index is 1240. The average Bonchev–Trinajstić information content (AvgIpc) is 3.40. The molecule has 1 unspecified atom stereocenters. The van der Waals surface area contributed by atoms with Crippen LogP contribution >= 0.6 is 0 Å². The number of aryl methyl sites for hydroxylation is 1. The van der Waals surface area contributed by atoms with E-state index in [2.05, 4.69) is 75.4 Å². The molecule has 224 valence electrons. The van der Waals surface area contributed by atoms with Crippen molar-refractivity contribution in [1.29, 1.82) is 0 Å². The van der Waals surface area contributed by atoms with E-state index in [1.54, 1.807) is 33.5 Å². The first-order chi connectivity index (χ1) is 19.4. The van der Waals surface area contributed by atoms with Crippen molar-refractivity contribution >= 4 is 14.3 Å². The van der Waals surface area contributed by atoms with E-state index in [4.69, 9.17) is 18.6 Å². The number of benzene rings is 2. The SMILES string of the molecule is CCOC(=O)c1cnn(C[C@@H](CCCc2ccccc2)C(O[Si](C)(C)C(C)(C)C)c2cc(OC)c(C)c(OC)c2)c1. The maximum atomic E-state index is 12.4. The summed E-state index contributed by atoms with van der Waals surface area (Å²) in [6.45, 7) is 16.1. The number of rotatable bonds is 14. The molecule has 0 aliphatic carbocycles. The van der Waals surface area contributed by atoms with Gasteiger partial charge in [0.25, 0.3) is 0 Å². The zero-order chi connectivity index (χ0) is 30.2. The van der Waals surface area contributed by atoms with Gasteiger partial charge >= 0.3 is 5.97 Å². The van der Waals surface area contributed by atoms with Gasteiger partial charge in [-0.1, -0.05) is 51.1 Å². The zero-order valence-electron chi connectivity index (χ0n) is 26.3. The Morgan fingerprint density at radius 2 is 1.68 bits per heavy atom. The number of aromatic nitrogens is 2. The highest BCUT2D eigenvalue weighted by molar-refractivity contribution is 6.74. The van der Waals surface area contributed by atoms with Crippen molar-refractivity contribution in [1.82, 2.24) is 9.78 Å². The molecule has 1 heterocycles. The minimum absolute atomic E-state index is 0.0154. The lowest BCUT2D eigenvalue weighted by Gasteiger charge is -2.42. The minimum Gasteiger partial charge on any atom is -0.496 e. The Balaban J connectivity index is 2.06. The zero-order valence-corrected chi connectivity index (χ0v) is 27.3. The molecule has 0 bridgehead atoms. The first kappa shape index (κ1) is 32.4. The Hall–Kier alpha value is -3.10. The molecule has 2 atom stereocenters. The van der Waals surface area contributed by atoms with Gasteiger partial charge in [-0.2, -0.15) is 5.10 Å². The molecule has 0 radical (unpaired) electrons. The predicted molar refractivity (Wildman–Crippen MR) is 166 cm³/mol. The summed E-state index contributed by atoms with van der Waals surface area (Å²) in [5.74, 6) is 1.26. The smallest absolute Gasteiger partial charge is 0.341 e. The van der Waals surface area contributed by atoms with Gasteiger partial charge in [-0.15, -0.1) is 0 Å². The van der Waals surface area contributed by atoms with Gasteiger partial charge in [0.05, 0.1) is 38.7 Å². The minimum atomic E-state index is -2.21. The van der Waals surface area contributed by atoms with Crippen molar-refractivity contribution in [2.75, 3.05) is 20.8 Å². The van der Waals surface area contributed by atoms with E-state index in [-0.39, 0.29) is 23.0 Å². The van der Waals surface area contributed by atoms with Crippen LogP contribution in [0.15, 0.2) is 54.9 Å². The highest BCUT2D eigenvalue weighted by Gasteiger charge is 2.41. The van der Waals surface area contributed by atoms with Crippen LogP contribution in [-0.4, -0.2) is 44.9 Å². The molecular formula is C33H48N2O5Si. The van der Waals surface area contributed by atoms with E-state index in [1.165, 1.54) is 5.56 Å². The lowest BCUT2D eigenvalue weighted by molar-refractivity contribution is 0.0526. The average molecular weight is 581 g/mol. The van der Waals surface area contributed by atoms with Crippen LogP contribution in [0, 0.1) is 12.8 Å². The molecule has 8 heteroatoms. The van der Waals surface area contributed by atoms with Crippen LogP contribution < -0.4 is 9.47 Å². The van der Waals surface area contributed by atoms with E-state index in [0.29, 0.717) is 18.7 Å². The number of carbonyl (C=O) groups is 1. The highest BCUT2D eigenvalue weighted by Crippen LogP contribution is 2.45. The number of methoxy groups -OCH3 is 2. The van der Waals surface area contributed by atoms with Crippen LogP contribution in [0.2, 0.25) is 18.1 Å². The van der Waals surface area contributed by atoms with E-state index < -0.39 is 8.32 Å². The number of nitrogens with zero attached hydrogens (tertiary/aromatic N) is 2. The summed E-state index contributed by atoms with van der Waals surface area (Å²) < 4.78 is 25.9. The molecule has 3 aromatic rings. The summed E-state index contributed by atoms with van der Waals surface area (Å²) in [5, 5.41) is 4.57. The van der Waals surface area contributed by atoms with Crippen molar-refractivity contribution in [3.63, 3.8) is 0 Å². The molecular weight excluding hydrogens is 532 g/mol. The largest absolute Gasteiger partial charge is 0.496 e.